The number of carbonyl (C=O) groups excluding carboxylic acids is 1. The predicted molar refractivity (Wildman–Crippen MR) is 122 cm³/mol. The zero-order valence-corrected chi connectivity index (χ0v) is 18.4. The maximum atomic E-state index is 12.5. The average Bonchev–Trinajstić information content (AvgIpc) is 2.79. The predicted octanol–water partition coefficient (Wildman–Crippen LogP) is 4.07. The van der Waals surface area contributed by atoms with Crippen LogP contribution in [0.5, 0.6) is 11.6 Å². The minimum absolute atomic E-state index is 0.110. The molecule has 164 valence electrons. The van der Waals surface area contributed by atoms with Crippen molar-refractivity contribution in [2.45, 2.75) is 39.7 Å². The lowest BCUT2D eigenvalue weighted by Gasteiger charge is -2.33. The average molecular weight is 422 g/mol. The second kappa shape index (κ2) is 9.37. The van der Waals surface area contributed by atoms with Crippen molar-refractivity contribution in [3.05, 3.63) is 53.7 Å². The first-order valence-electron chi connectivity index (χ1n) is 11.1. The van der Waals surface area contributed by atoms with Crippen LogP contribution in [-0.4, -0.2) is 47.1 Å². The molecular formula is C24H31N5O2. The van der Waals surface area contributed by atoms with Crippen molar-refractivity contribution >= 4 is 12.0 Å². The smallest absolute Gasteiger partial charge is 0.317 e. The molecule has 0 spiro atoms. The Labute approximate surface area is 184 Å². The highest BCUT2D eigenvalue weighted by Crippen LogP contribution is 2.32. The van der Waals surface area contributed by atoms with Gasteiger partial charge in [0.25, 0.3) is 0 Å². The lowest BCUT2D eigenvalue weighted by molar-refractivity contribution is 0.192. The summed E-state index contributed by atoms with van der Waals surface area (Å²) in [5.74, 6) is 2.75. The topological polar surface area (TPSA) is 70.6 Å². The van der Waals surface area contributed by atoms with E-state index < -0.39 is 0 Å². The molecular weight excluding hydrogens is 390 g/mol. The van der Waals surface area contributed by atoms with Gasteiger partial charge >= 0.3 is 6.03 Å². The van der Waals surface area contributed by atoms with E-state index in [0.717, 1.165) is 54.8 Å². The molecule has 0 bridgehead atoms. The van der Waals surface area contributed by atoms with Crippen LogP contribution in [0.1, 0.15) is 36.6 Å². The quantitative estimate of drug-likeness (QED) is 0.737. The SMILES string of the molecule is C=CCNC(=O)N1CCc2nc(N3CCC(C)CC3)nc(Oc3ccc(C)cc3)c2C1. The number of hydrogen-bond acceptors (Lipinski definition) is 5. The van der Waals surface area contributed by atoms with E-state index in [2.05, 4.69) is 23.7 Å². The van der Waals surface area contributed by atoms with Gasteiger partial charge in [0.1, 0.15) is 5.75 Å². The monoisotopic (exact) mass is 421 g/mol. The van der Waals surface area contributed by atoms with Gasteiger partial charge < -0.3 is 19.9 Å². The van der Waals surface area contributed by atoms with Crippen LogP contribution in [0.2, 0.25) is 0 Å². The number of nitrogens with one attached hydrogen (secondary N) is 1. The van der Waals surface area contributed by atoms with E-state index in [0.29, 0.717) is 31.9 Å². The Bertz CT molecular complexity index is 936. The normalized spacial score (nSPS) is 16.6. The summed E-state index contributed by atoms with van der Waals surface area (Å²) in [5, 5.41) is 2.85. The molecule has 0 atom stereocenters. The molecule has 3 heterocycles. The van der Waals surface area contributed by atoms with Crippen LogP contribution in [0.25, 0.3) is 0 Å². The van der Waals surface area contributed by atoms with Crippen molar-refractivity contribution in [1.82, 2.24) is 20.2 Å². The van der Waals surface area contributed by atoms with E-state index in [4.69, 9.17) is 14.7 Å². The van der Waals surface area contributed by atoms with E-state index in [-0.39, 0.29) is 6.03 Å². The summed E-state index contributed by atoms with van der Waals surface area (Å²) in [6.07, 6.45) is 4.65. The van der Waals surface area contributed by atoms with Gasteiger partial charge in [0.2, 0.25) is 11.8 Å². The summed E-state index contributed by atoms with van der Waals surface area (Å²) < 4.78 is 6.24. The summed E-state index contributed by atoms with van der Waals surface area (Å²) in [5.41, 5.74) is 3.03. The molecule has 7 heteroatoms. The van der Waals surface area contributed by atoms with Crippen molar-refractivity contribution in [3.63, 3.8) is 0 Å². The molecule has 1 N–H and O–H groups in total. The molecule has 2 amide bonds. The molecule has 1 aromatic carbocycles. The lowest BCUT2D eigenvalue weighted by Crippen LogP contribution is -2.43. The number of fused-ring (bicyclic) bond motifs is 1. The Morgan fingerprint density at radius 3 is 2.68 bits per heavy atom. The Balaban J connectivity index is 1.64. The van der Waals surface area contributed by atoms with Gasteiger partial charge in [0, 0.05) is 32.6 Å². The minimum Gasteiger partial charge on any atom is -0.438 e. The number of rotatable bonds is 5. The first kappa shape index (κ1) is 21.2. The highest BCUT2D eigenvalue weighted by Gasteiger charge is 2.28. The van der Waals surface area contributed by atoms with Gasteiger partial charge in [-0.25, -0.2) is 9.78 Å². The molecule has 0 saturated carbocycles. The zero-order chi connectivity index (χ0) is 21.8. The first-order valence-corrected chi connectivity index (χ1v) is 11.1. The van der Waals surface area contributed by atoms with Crippen molar-refractivity contribution in [2.24, 2.45) is 5.92 Å². The summed E-state index contributed by atoms with van der Waals surface area (Å²) >= 11 is 0. The van der Waals surface area contributed by atoms with Crippen LogP contribution in [-0.2, 0) is 13.0 Å². The number of benzene rings is 1. The summed E-state index contributed by atoms with van der Waals surface area (Å²) in [6, 6.07) is 7.82. The number of hydrogen-bond donors (Lipinski definition) is 1. The second-order valence-corrected chi connectivity index (χ2v) is 8.48. The number of urea groups is 1. The fraction of sp³-hybridized carbons (Fsp3) is 0.458. The maximum Gasteiger partial charge on any atom is 0.317 e. The van der Waals surface area contributed by atoms with Gasteiger partial charge in [-0.3, -0.25) is 0 Å². The van der Waals surface area contributed by atoms with Crippen LogP contribution in [0.15, 0.2) is 36.9 Å². The minimum atomic E-state index is -0.110. The molecule has 2 aliphatic heterocycles. The molecule has 31 heavy (non-hydrogen) atoms. The molecule has 4 rings (SSSR count). The number of carbonyl (C=O) groups is 1. The van der Waals surface area contributed by atoms with Crippen molar-refractivity contribution in [3.8, 4) is 11.6 Å². The van der Waals surface area contributed by atoms with E-state index in [1.54, 1.807) is 11.0 Å². The maximum absolute atomic E-state index is 12.5. The third-order valence-electron chi connectivity index (χ3n) is 6.00. The third-order valence-corrected chi connectivity index (χ3v) is 6.00. The molecule has 7 nitrogen and oxygen atoms in total. The van der Waals surface area contributed by atoms with Crippen molar-refractivity contribution < 1.29 is 9.53 Å². The number of aromatic nitrogens is 2. The molecule has 1 aromatic heterocycles. The largest absolute Gasteiger partial charge is 0.438 e. The fourth-order valence-electron chi connectivity index (χ4n) is 3.97. The Morgan fingerprint density at radius 2 is 1.97 bits per heavy atom. The molecule has 1 fully saturated rings. The summed E-state index contributed by atoms with van der Waals surface area (Å²) in [7, 11) is 0. The Kier molecular flexibility index (Phi) is 6.39. The lowest BCUT2D eigenvalue weighted by atomic mass is 9.99. The van der Waals surface area contributed by atoms with Gasteiger partial charge in [-0.2, -0.15) is 4.98 Å². The number of amides is 2. The highest BCUT2D eigenvalue weighted by atomic mass is 16.5. The fourth-order valence-corrected chi connectivity index (χ4v) is 3.97. The molecule has 0 unspecified atom stereocenters. The van der Waals surface area contributed by atoms with Crippen LogP contribution in [0, 0.1) is 12.8 Å². The molecule has 2 aromatic rings. The van der Waals surface area contributed by atoms with E-state index in [1.807, 2.05) is 31.2 Å². The van der Waals surface area contributed by atoms with Crippen molar-refractivity contribution in [2.75, 3.05) is 31.1 Å². The molecule has 1 saturated heterocycles. The van der Waals surface area contributed by atoms with Gasteiger partial charge in [-0.05, 0) is 37.8 Å². The number of aryl methyl sites for hydroxylation is 1. The molecule has 0 aliphatic carbocycles. The van der Waals surface area contributed by atoms with Crippen molar-refractivity contribution in [1.29, 1.82) is 0 Å². The van der Waals surface area contributed by atoms with Gasteiger partial charge in [0.15, 0.2) is 0 Å². The Morgan fingerprint density at radius 1 is 1.23 bits per heavy atom. The van der Waals surface area contributed by atoms with Crippen LogP contribution >= 0.6 is 0 Å². The summed E-state index contributed by atoms with van der Waals surface area (Å²) in [6.45, 7) is 11.4. The van der Waals surface area contributed by atoms with Gasteiger partial charge in [-0.1, -0.05) is 30.7 Å². The number of anilines is 1. The second-order valence-electron chi connectivity index (χ2n) is 8.48. The van der Waals surface area contributed by atoms with Crippen LogP contribution < -0.4 is 15.0 Å². The molecule has 2 aliphatic rings. The van der Waals surface area contributed by atoms with Gasteiger partial charge in [-0.15, -0.1) is 6.58 Å². The standard InChI is InChI=1S/C24H31N5O2/c1-4-12-25-24(30)29-15-11-21-20(16-29)22(31-19-7-5-17(2)6-8-19)27-23(26-21)28-13-9-18(3)10-14-28/h4-8,18H,1,9-16H2,2-3H3,(H,25,30). The number of piperidine rings is 1. The molecule has 0 radical (unpaired) electrons. The Hall–Kier alpha value is -3.09. The van der Waals surface area contributed by atoms with E-state index in [1.165, 1.54) is 5.56 Å². The summed E-state index contributed by atoms with van der Waals surface area (Å²) in [4.78, 5) is 26.2. The van der Waals surface area contributed by atoms with Gasteiger partial charge in [0.05, 0.1) is 17.8 Å². The third kappa shape index (κ3) is 4.98. The van der Waals surface area contributed by atoms with Crippen LogP contribution in [0.3, 0.4) is 0 Å². The zero-order valence-electron chi connectivity index (χ0n) is 18.4. The number of ether oxygens (including phenoxy) is 1. The number of nitrogens with zero attached hydrogens (tertiary/aromatic N) is 4. The van der Waals surface area contributed by atoms with Crippen LogP contribution in [0.4, 0.5) is 10.7 Å². The highest BCUT2D eigenvalue weighted by molar-refractivity contribution is 5.74. The van der Waals surface area contributed by atoms with E-state index >= 15 is 0 Å². The van der Waals surface area contributed by atoms with E-state index in [9.17, 15) is 4.79 Å². The first-order chi connectivity index (χ1) is 15.0.